The van der Waals surface area contributed by atoms with Crippen LogP contribution in [-0.2, 0) is 14.8 Å². The van der Waals surface area contributed by atoms with Crippen molar-refractivity contribution < 1.29 is 22.1 Å². The van der Waals surface area contributed by atoms with Gasteiger partial charge in [0.15, 0.2) is 5.76 Å². The Balaban J connectivity index is 1.40. The van der Waals surface area contributed by atoms with Crippen LogP contribution in [0.3, 0.4) is 0 Å². The number of anilines is 1. The van der Waals surface area contributed by atoms with E-state index in [4.69, 9.17) is 4.52 Å². The molecule has 0 bridgehead atoms. The lowest BCUT2D eigenvalue weighted by Gasteiger charge is -2.39. The molecule has 4 rings (SSSR count). The van der Waals surface area contributed by atoms with Crippen LogP contribution in [0, 0.1) is 25.6 Å². The largest absolute Gasteiger partial charge is 0.368 e. The Bertz CT molecular complexity index is 1030. The molecule has 31 heavy (non-hydrogen) atoms. The van der Waals surface area contributed by atoms with Crippen LogP contribution in [0.5, 0.6) is 0 Å². The lowest BCUT2D eigenvalue weighted by molar-refractivity contribution is -0.137. The van der Waals surface area contributed by atoms with Gasteiger partial charge in [-0.3, -0.25) is 4.79 Å². The number of hydrogen-bond donors (Lipinski definition) is 0. The fourth-order valence-corrected chi connectivity index (χ4v) is 6.24. The Kier molecular flexibility index (Phi) is 6.02. The summed E-state index contributed by atoms with van der Waals surface area (Å²) in [6.45, 7) is 6.18. The zero-order chi connectivity index (χ0) is 22.2. The minimum absolute atomic E-state index is 0.00239. The van der Waals surface area contributed by atoms with Crippen LogP contribution in [0.2, 0.25) is 0 Å². The lowest BCUT2D eigenvalue weighted by atomic mass is 9.97. The summed E-state index contributed by atoms with van der Waals surface area (Å²) in [4.78, 5) is 17.2. The van der Waals surface area contributed by atoms with Crippen LogP contribution in [0.25, 0.3) is 0 Å². The maximum absolute atomic E-state index is 13.2. The molecule has 0 unspecified atom stereocenters. The van der Waals surface area contributed by atoms with Crippen molar-refractivity contribution in [2.75, 3.05) is 44.2 Å². The molecule has 2 saturated heterocycles. The summed E-state index contributed by atoms with van der Waals surface area (Å²) < 4.78 is 45.8. The molecule has 0 N–H and O–H groups in total. The van der Waals surface area contributed by atoms with E-state index in [2.05, 4.69) is 10.1 Å². The number of hydrogen-bond acceptors (Lipinski definition) is 6. The Morgan fingerprint density at radius 2 is 1.77 bits per heavy atom. The number of benzene rings is 1. The first-order valence-electron chi connectivity index (χ1n) is 10.5. The summed E-state index contributed by atoms with van der Waals surface area (Å²) in [6.07, 6.45) is 1.30. The van der Waals surface area contributed by atoms with E-state index < -0.39 is 10.0 Å². The van der Waals surface area contributed by atoms with Crippen molar-refractivity contribution in [3.63, 3.8) is 0 Å². The van der Waals surface area contributed by atoms with Gasteiger partial charge in [-0.1, -0.05) is 5.16 Å². The average Bonchev–Trinajstić information content (AvgIpc) is 3.12. The molecule has 0 radical (unpaired) electrons. The van der Waals surface area contributed by atoms with Gasteiger partial charge in [0.05, 0.1) is 5.92 Å². The predicted molar refractivity (Wildman–Crippen MR) is 113 cm³/mol. The van der Waals surface area contributed by atoms with Crippen LogP contribution < -0.4 is 4.90 Å². The average molecular weight is 451 g/mol. The Morgan fingerprint density at radius 1 is 1.10 bits per heavy atom. The summed E-state index contributed by atoms with van der Waals surface area (Å²) >= 11 is 0. The van der Waals surface area contributed by atoms with Gasteiger partial charge >= 0.3 is 0 Å². The van der Waals surface area contributed by atoms with Gasteiger partial charge in [0.25, 0.3) is 0 Å². The molecule has 2 aromatic rings. The molecule has 2 aliphatic heterocycles. The van der Waals surface area contributed by atoms with Gasteiger partial charge < -0.3 is 14.3 Å². The molecule has 1 aromatic carbocycles. The normalized spacial score (nSPS) is 20.8. The van der Waals surface area contributed by atoms with E-state index in [9.17, 15) is 17.6 Å². The number of sulfonamides is 1. The first-order valence-corrected chi connectivity index (χ1v) is 11.9. The fourth-order valence-electron chi connectivity index (χ4n) is 4.43. The Hall–Kier alpha value is -2.46. The number of carbonyl (C=O) groups excluding carboxylic acids is 1. The van der Waals surface area contributed by atoms with E-state index in [1.54, 1.807) is 26.0 Å². The minimum Gasteiger partial charge on any atom is -0.368 e. The van der Waals surface area contributed by atoms with Crippen LogP contribution in [0.4, 0.5) is 10.1 Å². The third-order valence-corrected chi connectivity index (χ3v) is 8.19. The monoisotopic (exact) mass is 450 g/mol. The van der Waals surface area contributed by atoms with Gasteiger partial charge in [-0.05, 0) is 51.0 Å². The Labute approximate surface area is 181 Å². The lowest BCUT2D eigenvalue weighted by Crippen LogP contribution is -2.53. The molecule has 2 fully saturated rings. The number of rotatable bonds is 4. The number of halogens is 1. The van der Waals surface area contributed by atoms with Crippen LogP contribution in [0.15, 0.2) is 33.7 Å². The molecule has 3 heterocycles. The number of aryl methyl sites for hydroxylation is 2. The first-order chi connectivity index (χ1) is 14.8. The van der Waals surface area contributed by atoms with Crippen LogP contribution >= 0.6 is 0 Å². The zero-order valence-corrected chi connectivity index (χ0v) is 18.6. The van der Waals surface area contributed by atoms with Crippen molar-refractivity contribution in [1.82, 2.24) is 14.4 Å². The number of aromatic nitrogens is 1. The van der Waals surface area contributed by atoms with Crippen LogP contribution in [0.1, 0.15) is 24.3 Å². The van der Waals surface area contributed by atoms with Gasteiger partial charge in [0.2, 0.25) is 15.9 Å². The van der Waals surface area contributed by atoms with E-state index >= 15 is 0 Å². The molecule has 0 spiro atoms. The standard InChI is InChI=1S/C21H27FN4O4S/c1-15-20(16(2)30-23-15)31(28,29)26-9-3-4-17(14-26)21(27)25-12-10-24(11-13-25)19-7-5-18(22)6-8-19/h5-8,17H,3-4,9-14H2,1-2H3/t17-/m0/s1. The van der Waals surface area contributed by atoms with Crippen molar-refractivity contribution >= 4 is 21.6 Å². The van der Waals surface area contributed by atoms with Crippen molar-refractivity contribution in [3.05, 3.63) is 41.5 Å². The number of piperidine rings is 1. The maximum Gasteiger partial charge on any atom is 0.248 e. The highest BCUT2D eigenvalue weighted by Crippen LogP contribution is 2.29. The van der Waals surface area contributed by atoms with E-state index in [1.165, 1.54) is 16.4 Å². The fraction of sp³-hybridized carbons (Fsp3) is 0.524. The second kappa shape index (κ2) is 8.58. The number of carbonyl (C=O) groups is 1. The zero-order valence-electron chi connectivity index (χ0n) is 17.8. The molecule has 10 heteroatoms. The summed E-state index contributed by atoms with van der Waals surface area (Å²) in [6, 6.07) is 6.35. The quantitative estimate of drug-likeness (QED) is 0.710. The number of amides is 1. The van der Waals surface area contributed by atoms with Crippen molar-refractivity contribution in [1.29, 1.82) is 0 Å². The van der Waals surface area contributed by atoms with E-state index in [-0.39, 0.29) is 34.8 Å². The summed E-state index contributed by atoms with van der Waals surface area (Å²) in [7, 11) is -3.76. The highest BCUT2D eigenvalue weighted by molar-refractivity contribution is 7.89. The molecule has 1 aromatic heterocycles. The van der Waals surface area contributed by atoms with E-state index in [0.29, 0.717) is 51.3 Å². The van der Waals surface area contributed by atoms with Crippen molar-refractivity contribution in [2.24, 2.45) is 5.92 Å². The van der Waals surface area contributed by atoms with Gasteiger partial charge in [-0.2, -0.15) is 4.31 Å². The van der Waals surface area contributed by atoms with Gasteiger partial charge in [-0.25, -0.2) is 12.8 Å². The molecule has 1 amide bonds. The van der Waals surface area contributed by atoms with E-state index in [0.717, 1.165) is 5.69 Å². The van der Waals surface area contributed by atoms with Crippen LogP contribution in [-0.4, -0.2) is 68.0 Å². The SMILES string of the molecule is Cc1noc(C)c1S(=O)(=O)N1CCC[C@H](C(=O)N2CCN(c3ccc(F)cc3)CC2)C1. The second-order valence-corrected chi connectivity index (χ2v) is 10.0. The smallest absolute Gasteiger partial charge is 0.248 e. The maximum atomic E-state index is 13.2. The molecule has 2 aliphatic rings. The molecule has 0 aliphatic carbocycles. The van der Waals surface area contributed by atoms with E-state index in [1.807, 2.05) is 4.90 Å². The second-order valence-electron chi connectivity index (χ2n) is 8.14. The minimum atomic E-state index is -3.76. The third-order valence-electron chi connectivity index (χ3n) is 6.08. The van der Waals surface area contributed by atoms with Gasteiger partial charge in [0.1, 0.15) is 16.4 Å². The van der Waals surface area contributed by atoms with Gasteiger partial charge in [-0.15, -0.1) is 0 Å². The van der Waals surface area contributed by atoms with Crippen molar-refractivity contribution in [3.8, 4) is 0 Å². The summed E-state index contributed by atoms with van der Waals surface area (Å²) in [5.41, 5.74) is 1.27. The van der Waals surface area contributed by atoms with Crippen molar-refractivity contribution in [2.45, 2.75) is 31.6 Å². The molecule has 8 nitrogen and oxygen atoms in total. The summed E-state index contributed by atoms with van der Waals surface area (Å²) in [5.74, 6) is -0.368. The third kappa shape index (κ3) is 4.31. The highest BCUT2D eigenvalue weighted by Gasteiger charge is 2.38. The molecule has 0 saturated carbocycles. The summed E-state index contributed by atoms with van der Waals surface area (Å²) in [5, 5.41) is 3.76. The number of nitrogens with zero attached hydrogens (tertiary/aromatic N) is 4. The topological polar surface area (TPSA) is 87.0 Å². The predicted octanol–water partition coefficient (Wildman–Crippen LogP) is 2.18. The molecular formula is C21H27FN4O4S. The molecule has 168 valence electrons. The Morgan fingerprint density at radius 3 is 2.39 bits per heavy atom. The highest BCUT2D eigenvalue weighted by atomic mass is 32.2. The van der Waals surface area contributed by atoms with Gasteiger partial charge in [0, 0.05) is 45.0 Å². The first kappa shape index (κ1) is 21.8. The molecular weight excluding hydrogens is 423 g/mol. The molecule has 1 atom stereocenters. The number of piperazine rings is 1.